The molecule has 2 aliphatic rings. The Morgan fingerprint density at radius 2 is 1.85 bits per heavy atom. The number of hydrogen-bond acceptors (Lipinski definition) is 0. The summed E-state index contributed by atoms with van der Waals surface area (Å²) >= 11 is 0. The fourth-order valence-electron chi connectivity index (χ4n) is 3.54. The normalized spacial score (nSPS) is 20.4. The van der Waals surface area contributed by atoms with E-state index in [2.05, 4.69) is 31.2 Å². The molecule has 0 heterocycles. The zero-order chi connectivity index (χ0) is 14.0. The minimum absolute atomic E-state index is 1.04. The van der Waals surface area contributed by atoms with E-state index in [0.717, 1.165) is 5.92 Å². The second-order valence-corrected chi connectivity index (χ2v) is 6.67. The summed E-state index contributed by atoms with van der Waals surface area (Å²) in [6.45, 7) is 2.27. The first kappa shape index (κ1) is 15.6. The van der Waals surface area contributed by atoms with Crippen LogP contribution in [0, 0.1) is 5.92 Å². The molecule has 0 bridgehead atoms. The van der Waals surface area contributed by atoms with E-state index in [1.54, 1.807) is 5.57 Å². The van der Waals surface area contributed by atoms with Crippen molar-refractivity contribution in [1.29, 1.82) is 0 Å². The van der Waals surface area contributed by atoms with Crippen molar-refractivity contribution in [2.75, 3.05) is 0 Å². The van der Waals surface area contributed by atoms with Crippen molar-refractivity contribution in [1.82, 2.24) is 0 Å². The third-order valence-corrected chi connectivity index (χ3v) is 4.90. The predicted octanol–water partition coefficient (Wildman–Crippen LogP) is 6.74. The predicted molar refractivity (Wildman–Crippen MR) is 89.9 cm³/mol. The third kappa shape index (κ3) is 5.69. The van der Waals surface area contributed by atoms with Crippen LogP contribution in [0.4, 0.5) is 0 Å². The summed E-state index contributed by atoms with van der Waals surface area (Å²) in [7, 11) is 0. The molecule has 0 unspecified atom stereocenters. The number of hydrogen-bond donors (Lipinski definition) is 0. The zero-order valence-electron chi connectivity index (χ0n) is 13.4. The summed E-state index contributed by atoms with van der Waals surface area (Å²) in [5, 5.41) is 0. The Balaban J connectivity index is 1.71. The molecule has 0 saturated heterocycles. The molecule has 0 nitrogen and oxygen atoms in total. The van der Waals surface area contributed by atoms with E-state index < -0.39 is 0 Å². The molecule has 0 radical (unpaired) electrons. The first-order chi connectivity index (χ1) is 9.88. The van der Waals surface area contributed by atoms with Crippen LogP contribution < -0.4 is 0 Å². The third-order valence-electron chi connectivity index (χ3n) is 4.90. The van der Waals surface area contributed by atoms with Gasteiger partial charge in [-0.15, -0.1) is 0 Å². The number of allylic oxidation sites excluding steroid dienone is 6. The highest BCUT2D eigenvalue weighted by Crippen LogP contribution is 2.29. The van der Waals surface area contributed by atoms with Crippen LogP contribution in [0.2, 0.25) is 0 Å². The van der Waals surface area contributed by atoms with Gasteiger partial charge >= 0.3 is 0 Å². The Labute approximate surface area is 126 Å². The molecule has 0 aromatic carbocycles. The van der Waals surface area contributed by atoms with E-state index in [1.807, 2.05) is 0 Å². The summed E-state index contributed by atoms with van der Waals surface area (Å²) in [5.74, 6) is 1.04. The van der Waals surface area contributed by atoms with Gasteiger partial charge in [-0.25, -0.2) is 0 Å². The van der Waals surface area contributed by atoms with E-state index in [0.29, 0.717) is 0 Å². The Morgan fingerprint density at radius 3 is 2.65 bits per heavy atom. The summed E-state index contributed by atoms with van der Waals surface area (Å²) in [6, 6.07) is 0. The van der Waals surface area contributed by atoms with Crippen LogP contribution >= 0.6 is 0 Å². The van der Waals surface area contributed by atoms with Crippen molar-refractivity contribution in [3.05, 3.63) is 35.5 Å². The lowest BCUT2D eigenvalue weighted by Gasteiger charge is -2.21. The molecule has 0 aliphatic heterocycles. The van der Waals surface area contributed by atoms with E-state index in [4.69, 9.17) is 0 Å². The minimum atomic E-state index is 1.04. The van der Waals surface area contributed by atoms with Gasteiger partial charge < -0.3 is 0 Å². The second kappa shape index (κ2) is 9.21. The molecule has 0 spiro atoms. The maximum Gasteiger partial charge on any atom is -0.0132 e. The SMILES string of the molecule is CCCCC1=CC=C(CCCC2CCCCC2)CC=C1. The van der Waals surface area contributed by atoms with Crippen LogP contribution in [0.3, 0.4) is 0 Å². The van der Waals surface area contributed by atoms with E-state index in [-0.39, 0.29) is 0 Å². The molecule has 2 aliphatic carbocycles. The Morgan fingerprint density at radius 1 is 1.00 bits per heavy atom. The highest BCUT2D eigenvalue weighted by atomic mass is 14.2. The summed E-state index contributed by atoms with van der Waals surface area (Å²) < 4.78 is 0. The van der Waals surface area contributed by atoms with E-state index >= 15 is 0 Å². The molecular weight excluding hydrogens is 240 g/mol. The average molecular weight is 272 g/mol. The monoisotopic (exact) mass is 272 g/mol. The fourth-order valence-corrected chi connectivity index (χ4v) is 3.54. The van der Waals surface area contributed by atoms with Crippen molar-refractivity contribution in [3.8, 4) is 0 Å². The largest absolute Gasteiger partial charge is 0.0802 e. The van der Waals surface area contributed by atoms with Gasteiger partial charge in [-0.1, -0.05) is 81.7 Å². The highest BCUT2D eigenvalue weighted by molar-refractivity contribution is 5.30. The summed E-state index contributed by atoms with van der Waals surface area (Å²) in [6.07, 6.45) is 26.2. The molecule has 0 aromatic heterocycles. The van der Waals surface area contributed by atoms with Gasteiger partial charge in [-0.3, -0.25) is 0 Å². The number of unbranched alkanes of at least 4 members (excludes halogenated alkanes) is 1. The van der Waals surface area contributed by atoms with Crippen LogP contribution in [-0.4, -0.2) is 0 Å². The van der Waals surface area contributed by atoms with Crippen LogP contribution in [-0.2, 0) is 0 Å². The van der Waals surface area contributed by atoms with Gasteiger partial charge in [0.15, 0.2) is 0 Å². The van der Waals surface area contributed by atoms with Crippen molar-refractivity contribution < 1.29 is 0 Å². The quantitative estimate of drug-likeness (QED) is 0.481. The topological polar surface area (TPSA) is 0 Å². The van der Waals surface area contributed by atoms with E-state index in [9.17, 15) is 0 Å². The van der Waals surface area contributed by atoms with Gasteiger partial charge in [0.25, 0.3) is 0 Å². The Bertz CT molecular complexity index is 350. The molecular formula is C20H32. The first-order valence-electron chi connectivity index (χ1n) is 8.93. The Kier molecular flexibility index (Phi) is 7.19. The van der Waals surface area contributed by atoms with Crippen LogP contribution in [0.5, 0.6) is 0 Å². The fraction of sp³-hybridized carbons (Fsp3) is 0.700. The van der Waals surface area contributed by atoms with Gasteiger partial charge in [0.05, 0.1) is 0 Å². The second-order valence-electron chi connectivity index (χ2n) is 6.67. The zero-order valence-corrected chi connectivity index (χ0v) is 13.4. The van der Waals surface area contributed by atoms with Gasteiger partial charge in [0, 0.05) is 0 Å². The number of rotatable bonds is 7. The molecule has 0 amide bonds. The molecule has 2 rings (SSSR count). The highest BCUT2D eigenvalue weighted by Gasteiger charge is 2.12. The summed E-state index contributed by atoms with van der Waals surface area (Å²) in [5.41, 5.74) is 3.16. The van der Waals surface area contributed by atoms with Crippen molar-refractivity contribution in [3.63, 3.8) is 0 Å². The van der Waals surface area contributed by atoms with Crippen molar-refractivity contribution >= 4 is 0 Å². The van der Waals surface area contributed by atoms with Gasteiger partial charge in [0.2, 0.25) is 0 Å². The van der Waals surface area contributed by atoms with Crippen LogP contribution in [0.25, 0.3) is 0 Å². The maximum absolute atomic E-state index is 2.41. The van der Waals surface area contributed by atoms with E-state index in [1.165, 1.54) is 82.6 Å². The molecule has 1 saturated carbocycles. The maximum atomic E-state index is 2.41. The van der Waals surface area contributed by atoms with Gasteiger partial charge in [-0.05, 0) is 43.6 Å². The molecule has 0 heteroatoms. The van der Waals surface area contributed by atoms with Crippen molar-refractivity contribution in [2.45, 2.75) is 84.0 Å². The van der Waals surface area contributed by atoms with Gasteiger partial charge in [-0.2, -0.15) is 0 Å². The molecule has 112 valence electrons. The smallest absolute Gasteiger partial charge is 0.0132 e. The molecule has 0 N–H and O–H groups in total. The lowest BCUT2D eigenvalue weighted by atomic mass is 9.85. The summed E-state index contributed by atoms with van der Waals surface area (Å²) in [4.78, 5) is 0. The minimum Gasteiger partial charge on any atom is -0.0802 e. The molecule has 0 atom stereocenters. The van der Waals surface area contributed by atoms with Gasteiger partial charge in [0.1, 0.15) is 0 Å². The average Bonchev–Trinajstić information content (AvgIpc) is 2.72. The standard InChI is InChI=1S/C20H32/c1-2-3-9-19-13-8-15-20(17-16-19)14-7-12-18-10-5-4-6-11-18/h8,13,16-18H,2-7,9-12,14-15H2,1H3. The molecule has 1 fully saturated rings. The molecule has 0 aromatic rings. The molecule has 20 heavy (non-hydrogen) atoms. The van der Waals surface area contributed by atoms with Crippen LogP contribution in [0.1, 0.15) is 84.0 Å². The lowest BCUT2D eigenvalue weighted by Crippen LogP contribution is -2.05. The van der Waals surface area contributed by atoms with Crippen molar-refractivity contribution in [2.24, 2.45) is 5.92 Å². The van der Waals surface area contributed by atoms with Crippen LogP contribution in [0.15, 0.2) is 35.5 Å². The lowest BCUT2D eigenvalue weighted by molar-refractivity contribution is 0.332. The first-order valence-corrected chi connectivity index (χ1v) is 8.93. The Hall–Kier alpha value is -0.780.